The molecule has 0 bridgehead atoms. The minimum absolute atomic E-state index is 0.209. The van der Waals surface area contributed by atoms with Gasteiger partial charge in [-0.1, -0.05) is 13.0 Å². The van der Waals surface area contributed by atoms with Crippen LogP contribution < -0.4 is 10.1 Å². The highest BCUT2D eigenvalue weighted by atomic mass is 19.1. The molecule has 1 aliphatic carbocycles. The number of hydrogen-bond donors (Lipinski definition) is 1. The number of benzene rings is 1. The number of halogens is 1. The lowest BCUT2D eigenvalue weighted by atomic mass is 9.94. The second-order valence-corrected chi connectivity index (χ2v) is 5.42. The van der Waals surface area contributed by atoms with E-state index in [0.717, 1.165) is 30.7 Å². The van der Waals surface area contributed by atoms with Crippen LogP contribution in [-0.4, -0.2) is 12.6 Å². The third kappa shape index (κ3) is 2.37. The molecule has 0 aromatic heterocycles. The molecule has 1 aromatic carbocycles. The van der Waals surface area contributed by atoms with E-state index in [-0.39, 0.29) is 11.9 Å². The molecular formula is C15H20FNO. The summed E-state index contributed by atoms with van der Waals surface area (Å²) in [5.74, 6) is 1.22. The van der Waals surface area contributed by atoms with Crippen LogP contribution in [0.2, 0.25) is 0 Å². The van der Waals surface area contributed by atoms with Crippen molar-refractivity contribution in [2.75, 3.05) is 6.54 Å². The Labute approximate surface area is 108 Å². The first kappa shape index (κ1) is 12.0. The van der Waals surface area contributed by atoms with Crippen molar-refractivity contribution in [3.8, 4) is 5.75 Å². The SMILES string of the molecule is CCCNC1CC(C2CC2)Oc2cc(F)ccc21. The van der Waals surface area contributed by atoms with Crippen LogP contribution in [0.4, 0.5) is 4.39 Å². The molecule has 2 atom stereocenters. The molecule has 1 saturated carbocycles. The number of hydrogen-bond acceptors (Lipinski definition) is 2. The first-order valence-corrected chi connectivity index (χ1v) is 6.97. The lowest BCUT2D eigenvalue weighted by molar-refractivity contribution is 0.129. The molecule has 2 aliphatic rings. The average Bonchev–Trinajstić information content (AvgIpc) is 3.19. The van der Waals surface area contributed by atoms with Gasteiger partial charge in [0.25, 0.3) is 0 Å². The van der Waals surface area contributed by atoms with E-state index in [9.17, 15) is 4.39 Å². The van der Waals surface area contributed by atoms with E-state index in [2.05, 4.69) is 12.2 Å². The van der Waals surface area contributed by atoms with Crippen LogP contribution in [0.25, 0.3) is 0 Å². The fourth-order valence-electron chi connectivity index (χ4n) is 2.74. The Bertz CT molecular complexity index is 431. The first-order valence-electron chi connectivity index (χ1n) is 6.97. The van der Waals surface area contributed by atoms with Gasteiger partial charge in [0.15, 0.2) is 0 Å². The molecule has 3 heteroatoms. The van der Waals surface area contributed by atoms with Gasteiger partial charge < -0.3 is 10.1 Å². The Morgan fingerprint density at radius 2 is 2.22 bits per heavy atom. The number of nitrogens with one attached hydrogen (secondary N) is 1. The third-order valence-corrected chi connectivity index (χ3v) is 3.89. The summed E-state index contributed by atoms with van der Waals surface area (Å²) in [4.78, 5) is 0. The van der Waals surface area contributed by atoms with Crippen molar-refractivity contribution >= 4 is 0 Å². The Kier molecular flexibility index (Phi) is 3.25. The highest BCUT2D eigenvalue weighted by Gasteiger charge is 2.38. The molecule has 2 nitrogen and oxygen atoms in total. The standard InChI is InChI=1S/C15H20FNO/c1-2-7-17-13-9-14(10-3-4-10)18-15-8-11(16)5-6-12(13)15/h5-6,8,10,13-14,17H,2-4,7,9H2,1H3. The van der Waals surface area contributed by atoms with E-state index in [4.69, 9.17) is 4.74 Å². The van der Waals surface area contributed by atoms with E-state index >= 15 is 0 Å². The fourth-order valence-corrected chi connectivity index (χ4v) is 2.74. The quantitative estimate of drug-likeness (QED) is 0.882. The summed E-state index contributed by atoms with van der Waals surface area (Å²) >= 11 is 0. The Morgan fingerprint density at radius 1 is 1.39 bits per heavy atom. The van der Waals surface area contributed by atoms with Crippen molar-refractivity contribution in [3.05, 3.63) is 29.6 Å². The molecule has 1 fully saturated rings. The zero-order chi connectivity index (χ0) is 12.5. The summed E-state index contributed by atoms with van der Waals surface area (Å²) < 4.78 is 19.3. The molecular weight excluding hydrogens is 229 g/mol. The lowest BCUT2D eigenvalue weighted by Crippen LogP contribution is -2.34. The number of ether oxygens (including phenoxy) is 1. The molecule has 2 unspecified atom stereocenters. The van der Waals surface area contributed by atoms with Gasteiger partial charge >= 0.3 is 0 Å². The fraction of sp³-hybridized carbons (Fsp3) is 0.600. The summed E-state index contributed by atoms with van der Waals surface area (Å²) in [6.07, 6.45) is 4.92. The van der Waals surface area contributed by atoms with Crippen molar-refractivity contribution < 1.29 is 9.13 Å². The largest absolute Gasteiger partial charge is 0.490 e. The van der Waals surface area contributed by atoms with Gasteiger partial charge in [-0.3, -0.25) is 0 Å². The molecule has 0 radical (unpaired) electrons. The van der Waals surface area contributed by atoms with E-state index in [1.54, 1.807) is 0 Å². The van der Waals surface area contributed by atoms with Crippen LogP contribution in [0.1, 0.15) is 44.2 Å². The monoisotopic (exact) mass is 249 g/mol. The molecule has 18 heavy (non-hydrogen) atoms. The van der Waals surface area contributed by atoms with Gasteiger partial charge in [0.05, 0.1) is 0 Å². The topological polar surface area (TPSA) is 21.3 Å². The van der Waals surface area contributed by atoms with Crippen molar-refractivity contribution in [2.24, 2.45) is 5.92 Å². The van der Waals surface area contributed by atoms with Gasteiger partial charge in [-0.05, 0) is 37.8 Å². The predicted octanol–water partition coefficient (Wildman–Crippen LogP) is 3.43. The van der Waals surface area contributed by atoms with Crippen LogP contribution in [0.15, 0.2) is 18.2 Å². The maximum Gasteiger partial charge on any atom is 0.127 e. The van der Waals surface area contributed by atoms with Gasteiger partial charge in [-0.2, -0.15) is 0 Å². The van der Waals surface area contributed by atoms with Crippen LogP contribution in [-0.2, 0) is 0 Å². The number of rotatable bonds is 4. The van der Waals surface area contributed by atoms with Gasteiger partial charge in [0.2, 0.25) is 0 Å². The molecule has 1 aliphatic heterocycles. The highest BCUT2D eigenvalue weighted by molar-refractivity contribution is 5.38. The lowest BCUT2D eigenvalue weighted by Gasteiger charge is -2.33. The molecule has 1 heterocycles. The van der Waals surface area contributed by atoms with Gasteiger partial charge in [0, 0.05) is 24.1 Å². The third-order valence-electron chi connectivity index (χ3n) is 3.89. The molecule has 98 valence electrons. The second kappa shape index (κ2) is 4.88. The van der Waals surface area contributed by atoms with Crippen molar-refractivity contribution in [3.63, 3.8) is 0 Å². The van der Waals surface area contributed by atoms with E-state index in [1.165, 1.54) is 25.0 Å². The maximum atomic E-state index is 13.3. The molecule has 0 spiro atoms. The van der Waals surface area contributed by atoms with Crippen molar-refractivity contribution in [1.29, 1.82) is 0 Å². The predicted molar refractivity (Wildman–Crippen MR) is 69.2 cm³/mol. The highest BCUT2D eigenvalue weighted by Crippen LogP contribution is 2.44. The summed E-state index contributed by atoms with van der Waals surface area (Å²) in [6.45, 7) is 3.16. The zero-order valence-electron chi connectivity index (χ0n) is 10.8. The Balaban J connectivity index is 1.84. The minimum atomic E-state index is -0.209. The normalized spacial score (nSPS) is 26.6. The van der Waals surface area contributed by atoms with Crippen LogP contribution in [0.5, 0.6) is 5.75 Å². The molecule has 0 amide bonds. The molecule has 1 N–H and O–H groups in total. The maximum absolute atomic E-state index is 13.3. The molecule has 0 saturated heterocycles. The van der Waals surface area contributed by atoms with Crippen LogP contribution in [0, 0.1) is 11.7 Å². The second-order valence-electron chi connectivity index (χ2n) is 5.42. The van der Waals surface area contributed by atoms with Crippen molar-refractivity contribution in [2.45, 2.75) is 44.8 Å². The summed E-state index contributed by atoms with van der Waals surface area (Å²) in [6, 6.07) is 5.24. The van der Waals surface area contributed by atoms with Crippen molar-refractivity contribution in [1.82, 2.24) is 5.32 Å². The Morgan fingerprint density at radius 3 is 2.94 bits per heavy atom. The summed E-state index contributed by atoms with van der Waals surface area (Å²) in [7, 11) is 0. The zero-order valence-corrected chi connectivity index (χ0v) is 10.8. The Hall–Kier alpha value is -1.09. The smallest absolute Gasteiger partial charge is 0.127 e. The van der Waals surface area contributed by atoms with Gasteiger partial charge in [-0.25, -0.2) is 4.39 Å². The summed E-state index contributed by atoms with van der Waals surface area (Å²) in [5, 5.41) is 3.56. The van der Waals surface area contributed by atoms with Gasteiger partial charge in [0.1, 0.15) is 17.7 Å². The summed E-state index contributed by atoms with van der Waals surface area (Å²) in [5.41, 5.74) is 1.11. The minimum Gasteiger partial charge on any atom is -0.490 e. The van der Waals surface area contributed by atoms with E-state index in [0.29, 0.717) is 12.0 Å². The molecule has 3 rings (SSSR count). The van der Waals surface area contributed by atoms with E-state index in [1.807, 2.05) is 6.07 Å². The van der Waals surface area contributed by atoms with Gasteiger partial charge in [-0.15, -0.1) is 0 Å². The van der Waals surface area contributed by atoms with Crippen LogP contribution in [0.3, 0.4) is 0 Å². The van der Waals surface area contributed by atoms with Crippen LogP contribution >= 0.6 is 0 Å². The number of fused-ring (bicyclic) bond motifs is 1. The van der Waals surface area contributed by atoms with E-state index < -0.39 is 0 Å². The first-order chi connectivity index (χ1) is 8.78. The average molecular weight is 249 g/mol. The molecule has 1 aromatic rings.